The number of nitrogens with zero attached hydrogens (tertiary/aromatic N) is 4. The predicted octanol–water partition coefficient (Wildman–Crippen LogP) is 1.04. The van der Waals surface area contributed by atoms with Gasteiger partial charge in [-0.2, -0.15) is 0 Å². The summed E-state index contributed by atoms with van der Waals surface area (Å²) in [5.41, 5.74) is 0.696. The third-order valence-corrected chi connectivity index (χ3v) is 4.96. The van der Waals surface area contributed by atoms with E-state index in [1.165, 1.54) is 0 Å². The number of aromatic nitrogens is 2. The second-order valence-electron chi connectivity index (χ2n) is 7.10. The van der Waals surface area contributed by atoms with Crippen molar-refractivity contribution in [2.75, 3.05) is 39.3 Å². The van der Waals surface area contributed by atoms with Crippen molar-refractivity contribution < 1.29 is 18.6 Å². The Balaban J connectivity index is 1.18. The van der Waals surface area contributed by atoms with E-state index in [2.05, 4.69) is 20.5 Å². The van der Waals surface area contributed by atoms with Gasteiger partial charge in [0.25, 0.3) is 11.8 Å². The molecule has 0 bridgehead atoms. The second-order valence-corrected chi connectivity index (χ2v) is 7.10. The highest BCUT2D eigenvalue weighted by atomic mass is 16.5. The van der Waals surface area contributed by atoms with E-state index in [1.54, 1.807) is 24.0 Å². The molecule has 9 nitrogen and oxygen atoms in total. The minimum atomic E-state index is -0.208. The Kier molecular flexibility index (Phi) is 4.93. The van der Waals surface area contributed by atoms with Crippen LogP contribution in [-0.4, -0.2) is 71.2 Å². The number of hydrogen-bond donors (Lipinski definition) is 1. The summed E-state index contributed by atoms with van der Waals surface area (Å²) in [5.74, 6) is 1.57. The van der Waals surface area contributed by atoms with Crippen molar-refractivity contribution in [3.8, 4) is 0 Å². The largest absolute Gasteiger partial charge is 0.361 e. The molecule has 1 N–H and O–H groups in total. The maximum absolute atomic E-state index is 12.3. The normalized spacial score (nSPS) is 17.9. The average molecular weight is 373 g/mol. The third-order valence-electron chi connectivity index (χ3n) is 4.96. The Morgan fingerprint density at radius 1 is 1.11 bits per heavy atom. The van der Waals surface area contributed by atoms with Crippen LogP contribution in [0.15, 0.2) is 21.2 Å². The Labute approximate surface area is 156 Å². The lowest BCUT2D eigenvalue weighted by Crippen LogP contribution is -2.50. The number of piperazine rings is 1. The molecule has 9 heteroatoms. The van der Waals surface area contributed by atoms with Crippen LogP contribution in [-0.2, 0) is 0 Å². The van der Waals surface area contributed by atoms with Crippen LogP contribution in [0.1, 0.15) is 51.3 Å². The SMILES string of the molecule is Cc1cc(C(=O)N2CCN(CCNC(=O)c3cc(C4CC4)on3)CC2)no1. The lowest BCUT2D eigenvalue weighted by molar-refractivity contribution is 0.0628. The maximum Gasteiger partial charge on any atom is 0.276 e. The molecule has 0 atom stereocenters. The summed E-state index contributed by atoms with van der Waals surface area (Å²) in [4.78, 5) is 28.5. The highest BCUT2D eigenvalue weighted by molar-refractivity contribution is 5.92. The molecule has 0 spiro atoms. The van der Waals surface area contributed by atoms with Gasteiger partial charge < -0.3 is 19.3 Å². The van der Waals surface area contributed by atoms with Gasteiger partial charge in [0.2, 0.25) is 0 Å². The third kappa shape index (κ3) is 4.19. The first kappa shape index (κ1) is 17.7. The van der Waals surface area contributed by atoms with E-state index in [1.807, 2.05) is 0 Å². The average Bonchev–Trinajstić information content (AvgIpc) is 3.24. The fourth-order valence-corrected chi connectivity index (χ4v) is 3.18. The molecule has 1 aliphatic carbocycles. The molecule has 3 heterocycles. The number of nitrogens with one attached hydrogen (secondary N) is 1. The van der Waals surface area contributed by atoms with Gasteiger partial charge in [0, 0.05) is 57.3 Å². The van der Waals surface area contributed by atoms with Crippen molar-refractivity contribution in [3.63, 3.8) is 0 Å². The molecule has 2 fully saturated rings. The molecule has 1 aliphatic heterocycles. The van der Waals surface area contributed by atoms with Crippen LogP contribution < -0.4 is 5.32 Å². The van der Waals surface area contributed by atoms with Gasteiger partial charge in [-0.1, -0.05) is 10.3 Å². The molecule has 27 heavy (non-hydrogen) atoms. The van der Waals surface area contributed by atoms with Crippen LogP contribution >= 0.6 is 0 Å². The van der Waals surface area contributed by atoms with Gasteiger partial charge in [-0.05, 0) is 19.8 Å². The summed E-state index contributed by atoms with van der Waals surface area (Å²) in [6, 6.07) is 3.39. The van der Waals surface area contributed by atoms with Crippen LogP contribution in [0.4, 0.5) is 0 Å². The van der Waals surface area contributed by atoms with Gasteiger partial charge >= 0.3 is 0 Å². The zero-order chi connectivity index (χ0) is 18.8. The van der Waals surface area contributed by atoms with Crippen LogP contribution in [0.3, 0.4) is 0 Å². The minimum Gasteiger partial charge on any atom is -0.361 e. The molecule has 2 aromatic heterocycles. The van der Waals surface area contributed by atoms with Crippen molar-refractivity contribution in [1.29, 1.82) is 0 Å². The van der Waals surface area contributed by atoms with Gasteiger partial charge in [0.05, 0.1) is 0 Å². The first-order valence-corrected chi connectivity index (χ1v) is 9.30. The molecular formula is C18H23N5O4. The van der Waals surface area contributed by atoms with Crippen LogP contribution in [0.25, 0.3) is 0 Å². The first-order chi connectivity index (χ1) is 13.1. The first-order valence-electron chi connectivity index (χ1n) is 9.30. The summed E-state index contributed by atoms with van der Waals surface area (Å²) in [6.07, 6.45) is 2.22. The number of hydrogen-bond acceptors (Lipinski definition) is 7. The van der Waals surface area contributed by atoms with Gasteiger partial charge in [-0.25, -0.2) is 0 Å². The summed E-state index contributed by atoms with van der Waals surface area (Å²) in [7, 11) is 0. The predicted molar refractivity (Wildman–Crippen MR) is 94.4 cm³/mol. The highest BCUT2D eigenvalue weighted by Crippen LogP contribution is 2.40. The lowest BCUT2D eigenvalue weighted by atomic mass is 10.2. The van der Waals surface area contributed by atoms with Gasteiger partial charge in [0.15, 0.2) is 11.4 Å². The lowest BCUT2D eigenvalue weighted by Gasteiger charge is -2.34. The van der Waals surface area contributed by atoms with Crippen molar-refractivity contribution in [2.24, 2.45) is 0 Å². The molecule has 2 aliphatic rings. The molecule has 1 saturated carbocycles. The van der Waals surface area contributed by atoms with Gasteiger partial charge in [-0.3, -0.25) is 14.5 Å². The van der Waals surface area contributed by atoms with E-state index < -0.39 is 0 Å². The second kappa shape index (κ2) is 7.51. The van der Waals surface area contributed by atoms with Gasteiger partial charge in [0.1, 0.15) is 11.5 Å². The monoisotopic (exact) mass is 373 g/mol. The number of rotatable bonds is 6. The number of amides is 2. The highest BCUT2D eigenvalue weighted by Gasteiger charge is 2.29. The zero-order valence-corrected chi connectivity index (χ0v) is 15.3. The molecule has 1 saturated heterocycles. The molecular weight excluding hydrogens is 350 g/mol. The smallest absolute Gasteiger partial charge is 0.276 e. The number of carbonyl (C=O) groups is 2. The quantitative estimate of drug-likeness (QED) is 0.806. The van der Waals surface area contributed by atoms with Crippen LogP contribution in [0.5, 0.6) is 0 Å². The van der Waals surface area contributed by atoms with Crippen molar-refractivity contribution in [1.82, 2.24) is 25.4 Å². The topological polar surface area (TPSA) is 105 Å². The fourth-order valence-electron chi connectivity index (χ4n) is 3.18. The summed E-state index contributed by atoms with van der Waals surface area (Å²) in [5, 5.41) is 10.5. The van der Waals surface area contributed by atoms with E-state index in [9.17, 15) is 9.59 Å². The molecule has 0 unspecified atom stereocenters. The maximum atomic E-state index is 12.3. The molecule has 2 amide bonds. The molecule has 0 aromatic carbocycles. The Morgan fingerprint density at radius 2 is 1.85 bits per heavy atom. The van der Waals surface area contributed by atoms with Gasteiger partial charge in [-0.15, -0.1) is 0 Å². The summed E-state index contributed by atoms with van der Waals surface area (Å²) < 4.78 is 10.2. The zero-order valence-electron chi connectivity index (χ0n) is 15.3. The molecule has 2 aromatic rings. The van der Waals surface area contributed by atoms with Crippen LogP contribution in [0, 0.1) is 6.92 Å². The van der Waals surface area contributed by atoms with Crippen molar-refractivity contribution in [3.05, 3.63) is 35.0 Å². The summed E-state index contributed by atoms with van der Waals surface area (Å²) in [6.45, 7) is 5.80. The minimum absolute atomic E-state index is 0.0997. The van der Waals surface area contributed by atoms with E-state index in [4.69, 9.17) is 9.05 Å². The molecule has 144 valence electrons. The Bertz CT molecular complexity index is 817. The standard InChI is InChI=1S/C18H23N5O4/c1-12-10-15(21-26-12)18(25)23-8-6-22(7-9-23)5-4-19-17(24)14-11-16(27-20-14)13-2-3-13/h10-11,13H,2-9H2,1H3,(H,19,24). The van der Waals surface area contributed by atoms with E-state index in [-0.39, 0.29) is 11.8 Å². The Morgan fingerprint density at radius 3 is 2.52 bits per heavy atom. The van der Waals surface area contributed by atoms with Crippen molar-refractivity contribution >= 4 is 11.8 Å². The molecule has 0 radical (unpaired) electrons. The fraction of sp³-hybridized carbons (Fsp3) is 0.556. The molecule has 4 rings (SSSR count). The van der Waals surface area contributed by atoms with E-state index in [0.717, 1.165) is 38.2 Å². The van der Waals surface area contributed by atoms with Crippen molar-refractivity contribution in [2.45, 2.75) is 25.7 Å². The number of carbonyl (C=O) groups excluding carboxylic acids is 2. The summed E-state index contributed by atoms with van der Waals surface area (Å²) >= 11 is 0. The van der Waals surface area contributed by atoms with E-state index in [0.29, 0.717) is 42.7 Å². The van der Waals surface area contributed by atoms with Crippen LogP contribution in [0.2, 0.25) is 0 Å². The van der Waals surface area contributed by atoms with E-state index >= 15 is 0 Å². The Hall–Kier alpha value is -2.68. The number of aryl methyl sites for hydroxylation is 1.